The third-order valence-corrected chi connectivity index (χ3v) is 5.63. The largest absolute Gasteiger partial charge is 0.493 e. The second-order valence-electron chi connectivity index (χ2n) is 7.61. The minimum atomic E-state index is -0.0304. The third-order valence-electron chi connectivity index (χ3n) is 5.63. The highest BCUT2D eigenvalue weighted by molar-refractivity contribution is 5.80. The molecule has 0 unspecified atom stereocenters. The molecule has 0 atom stereocenters. The SMILES string of the molecule is CCNC(=NCc1ccc(OCCO)c(OC)c1)NCC1(c2ccccc2)CCC1. The van der Waals surface area contributed by atoms with Gasteiger partial charge in [0, 0.05) is 18.5 Å². The predicted molar refractivity (Wildman–Crippen MR) is 120 cm³/mol. The first-order valence-electron chi connectivity index (χ1n) is 10.7. The Morgan fingerprint density at radius 3 is 2.53 bits per heavy atom. The van der Waals surface area contributed by atoms with Gasteiger partial charge in [-0.15, -0.1) is 0 Å². The molecule has 6 nitrogen and oxygen atoms in total. The van der Waals surface area contributed by atoms with Gasteiger partial charge in [0.2, 0.25) is 0 Å². The van der Waals surface area contributed by atoms with E-state index in [4.69, 9.17) is 19.6 Å². The maximum Gasteiger partial charge on any atom is 0.191 e. The zero-order valence-corrected chi connectivity index (χ0v) is 18.0. The van der Waals surface area contributed by atoms with Gasteiger partial charge in [-0.2, -0.15) is 0 Å². The van der Waals surface area contributed by atoms with Crippen LogP contribution in [0.5, 0.6) is 11.5 Å². The fraction of sp³-hybridized carbons (Fsp3) is 0.458. The Morgan fingerprint density at radius 1 is 1.10 bits per heavy atom. The molecule has 6 heteroatoms. The molecule has 0 radical (unpaired) electrons. The van der Waals surface area contributed by atoms with Gasteiger partial charge < -0.3 is 25.2 Å². The third kappa shape index (κ3) is 5.45. The average Bonchev–Trinajstić information content (AvgIpc) is 2.76. The summed E-state index contributed by atoms with van der Waals surface area (Å²) in [7, 11) is 1.61. The van der Waals surface area contributed by atoms with E-state index in [2.05, 4.69) is 47.9 Å². The number of benzene rings is 2. The summed E-state index contributed by atoms with van der Waals surface area (Å²) in [5.74, 6) is 2.09. The fourth-order valence-corrected chi connectivity index (χ4v) is 3.81. The van der Waals surface area contributed by atoms with Crippen LogP contribution in [-0.4, -0.2) is 44.5 Å². The maximum atomic E-state index is 8.95. The molecule has 1 aliphatic rings. The summed E-state index contributed by atoms with van der Waals surface area (Å²) >= 11 is 0. The normalized spacial score (nSPS) is 15.2. The van der Waals surface area contributed by atoms with Crippen LogP contribution in [0.1, 0.15) is 37.3 Å². The highest BCUT2D eigenvalue weighted by atomic mass is 16.5. The first kappa shape index (κ1) is 22.0. The second kappa shape index (κ2) is 10.9. The van der Waals surface area contributed by atoms with Crippen LogP contribution in [0.3, 0.4) is 0 Å². The number of rotatable bonds is 10. The van der Waals surface area contributed by atoms with E-state index in [1.165, 1.54) is 24.8 Å². The van der Waals surface area contributed by atoms with Crippen LogP contribution in [0, 0.1) is 0 Å². The molecule has 0 saturated heterocycles. The van der Waals surface area contributed by atoms with E-state index in [0.29, 0.717) is 18.0 Å². The van der Waals surface area contributed by atoms with Gasteiger partial charge in [0.1, 0.15) is 6.61 Å². The molecule has 1 aliphatic carbocycles. The van der Waals surface area contributed by atoms with Gasteiger partial charge in [-0.25, -0.2) is 4.99 Å². The number of nitrogens with zero attached hydrogens (tertiary/aromatic N) is 1. The molecular formula is C24H33N3O3. The van der Waals surface area contributed by atoms with E-state index in [1.54, 1.807) is 7.11 Å². The van der Waals surface area contributed by atoms with E-state index in [0.717, 1.165) is 24.6 Å². The molecule has 1 fully saturated rings. The van der Waals surface area contributed by atoms with Crippen LogP contribution in [0.4, 0.5) is 0 Å². The van der Waals surface area contributed by atoms with E-state index >= 15 is 0 Å². The molecule has 0 aromatic heterocycles. The summed E-state index contributed by atoms with van der Waals surface area (Å²) in [4.78, 5) is 4.76. The molecule has 3 N–H and O–H groups in total. The molecular weight excluding hydrogens is 378 g/mol. The van der Waals surface area contributed by atoms with Gasteiger partial charge in [0.15, 0.2) is 17.5 Å². The van der Waals surface area contributed by atoms with Crippen molar-refractivity contribution >= 4 is 5.96 Å². The van der Waals surface area contributed by atoms with Crippen LogP contribution in [0.25, 0.3) is 0 Å². The van der Waals surface area contributed by atoms with E-state index in [-0.39, 0.29) is 18.6 Å². The fourth-order valence-electron chi connectivity index (χ4n) is 3.81. The van der Waals surface area contributed by atoms with Crippen molar-refractivity contribution in [2.45, 2.75) is 38.1 Å². The maximum absolute atomic E-state index is 8.95. The number of hydrogen-bond acceptors (Lipinski definition) is 4. The molecule has 0 spiro atoms. The molecule has 162 valence electrons. The lowest BCUT2D eigenvalue weighted by Gasteiger charge is -2.43. The van der Waals surface area contributed by atoms with Gasteiger partial charge in [-0.1, -0.05) is 42.8 Å². The number of aliphatic hydroxyl groups is 1. The summed E-state index contributed by atoms with van der Waals surface area (Å²) in [6.45, 7) is 4.50. The van der Waals surface area contributed by atoms with Gasteiger partial charge in [0.25, 0.3) is 0 Å². The molecule has 0 amide bonds. The summed E-state index contributed by atoms with van der Waals surface area (Å²) in [5.41, 5.74) is 2.64. The van der Waals surface area contributed by atoms with Crippen molar-refractivity contribution in [2.24, 2.45) is 4.99 Å². The lowest BCUT2D eigenvalue weighted by Crippen LogP contribution is -2.48. The Hall–Kier alpha value is -2.73. The van der Waals surface area contributed by atoms with Crippen molar-refractivity contribution in [3.63, 3.8) is 0 Å². The van der Waals surface area contributed by atoms with E-state index in [9.17, 15) is 0 Å². The molecule has 0 aliphatic heterocycles. The van der Waals surface area contributed by atoms with Crippen molar-refractivity contribution in [1.82, 2.24) is 10.6 Å². The second-order valence-corrected chi connectivity index (χ2v) is 7.61. The summed E-state index contributed by atoms with van der Waals surface area (Å²) in [6.07, 6.45) is 3.68. The van der Waals surface area contributed by atoms with Crippen molar-refractivity contribution in [3.05, 3.63) is 59.7 Å². The van der Waals surface area contributed by atoms with Gasteiger partial charge in [-0.05, 0) is 43.0 Å². The topological polar surface area (TPSA) is 75.1 Å². The number of nitrogens with one attached hydrogen (secondary N) is 2. The van der Waals surface area contributed by atoms with Crippen LogP contribution in [0.15, 0.2) is 53.5 Å². The minimum absolute atomic E-state index is 0.0304. The predicted octanol–water partition coefficient (Wildman–Crippen LogP) is 3.24. The monoisotopic (exact) mass is 411 g/mol. The summed E-state index contributed by atoms with van der Waals surface area (Å²) in [6, 6.07) is 16.5. The zero-order chi connectivity index (χ0) is 21.2. The lowest BCUT2D eigenvalue weighted by atomic mass is 9.64. The molecule has 3 rings (SSSR count). The summed E-state index contributed by atoms with van der Waals surface area (Å²) < 4.78 is 10.9. The first-order valence-corrected chi connectivity index (χ1v) is 10.7. The standard InChI is InChI=1S/C24H33N3O3/c1-3-25-23(27-18-24(12-7-13-24)20-8-5-4-6-9-20)26-17-19-10-11-21(30-15-14-28)22(16-19)29-2/h4-6,8-11,16,28H,3,7,12-15,17-18H2,1-2H3,(H2,25,26,27). The molecule has 2 aromatic carbocycles. The molecule has 0 bridgehead atoms. The number of hydrogen-bond donors (Lipinski definition) is 3. The van der Waals surface area contributed by atoms with Gasteiger partial charge in [0.05, 0.1) is 20.3 Å². The quantitative estimate of drug-likeness (QED) is 0.413. The van der Waals surface area contributed by atoms with Gasteiger partial charge in [-0.3, -0.25) is 0 Å². The molecule has 1 saturated carbocycles. The lowest BCUT2D eigenvalue weighted by molar-refractivity contribution is 0.196. The number of aliphatic imine (C=N–C) groups is 1. The Balaban J connectivity index is 1.66. The molecule has 0 heterocycles. The molecule has 2 aromatic rings. The Morgan fingerprint density at radius 2 is 1.90 bits per heavy atom. The highest BCUT2D eigenvalue weighted by Crippen LogP contribution is 2.43. The van der Waals surface area contributed by atoms with Crippen molar-refractivity contribution in [2.75, 3.05) is 33.4 Å². The molecule has 30 heavy (non-hydrogen) atoms. The smallest absolute Gasteiger partial charge is 0.191 e. The van der Waals surface area contributed by atoms with Crippen LogP contribution < -0.4 is 20.1 Å². The van der Waals surface area contributed by atoms with E-state index < -0.39 is 0 Å². The van der Waals surface area contributed by atoms with Crippen LogP contribution in [-0.2, 0) is 12.0 Å². The number of methoxy groups -OCH3 is 1. The van der Waals surface area contributed by atoms with Crippen molar-refractivity contribution < 1.29 is 14.6 Å². The van der Waals surface area contributed by atoms with Crippen LogP contribution in [0.2, 0.25) is 0 Å². The van der Waals surface area contributed by atoms with Crippen LogP contribution >= 0.6 is 0 Å². The Bertz CT molecular complexity index is 820. The first-order chi connectivity index (χ1) is 14.7. The van der Waals surface area contributed by atoms with Crippen molar-refractivity contribution in [1.29, 1.82) is 0 Å². The minimum Gasteiger partial charge on any atom is -0.493 e. The number of ether oxygens (including phenoxy) is 2. The average molecular weight is 412 g/mol. The zero-order valence-electron chi connectivity index (χ0n) is 18.0. The number of aliphatic hydroxyl groups excluding tert-OH is 1. The summed E-state index contributed by atoms with van der Waals surface area (Å²) in [5, 5.41) is 15.8. The van der Waals surface area contributed by atoms with Crippen molar-refractivity contribution in [3.8, 4) is 11.5 Å². The van der Waals surface area contributed by atoms with Gasteiger partial charge >= 0.3 is 0 Å². The number of guanidine groups is 1. The Kier molecular flexibility index (Phi) is 7.97. The Labute approximate surface area is 179 Å². The van der Waals surface area contributed by atoms with E-state index in [1.807, 2.05) is 18.2 Å². The highest BCUT2D eigenvalue weighted by Gasteiger charge is 2.38.